The molecule has 0 bridgehead atoms. The third-order valence-corrected chi connectivity index (χ3v) is 5.31. The Morgan fingerprint density at radius 1 is 1.03 bits per heavy atom. The number of benzene rings is 3. The van der Waals surface area contributed by atoms with Crippen LogP contribution in [0.5, 0.6) is 5.75 Å². The van der Waals surface area contributed by atoms with E-state index in [2.05, 4.69) is 0 Å². The van der Waals surface area contributed by atoms with E-state index in [1.54, 1.807) is 6.07 Å². The number of carboxylic acids is 1. The smallest absolute Gasteiger partial charge is 0.307 e. The van der Waals surface area contributed by atoms with Gasteiger partial charge in [-0.05, 0) is 54.8 Å². The van der Waals surface area contributed by atoms with Crippen LogP contribution in [-0.4, -0.2) is 22.7 Å². The Hall–Kier alpha value is -3.73. The number of rotatable bonds is 6. The highest BCUT2D eigenvalue weighted by atomic mass is 19.1. The van der Waals surface area contributed by atoms with Crippen molar-refractivity contribution in [2.45, 2.75) is 20.3 Å². The molecule has 1 heterocycles. The van der Waals surface area contributed by atoms with Gasteiger partial charge < -0.3 is 9.84 Å². The third kappa shape index (κ3) is 4.12. The fraction of sp³-hybridized carbons (Fsp3) is 0.154. The molecule has 0 spiro atoms. The number of hydrogen-bond donors (Lipinski definition) is 1. The summed E-state index contributed by atoms with van der Waals surface area (Å²) in [5, 5.41) is 9.92. The van der Waals surface area contributed by atoms with Crippen molar-refractivity contribution < 1.29 is 19.0 Å². The predicted molar refractivity (Wildman–Crippen MR) is 120 cm³/mol. The van der Waals surface area contributed by atoms with E-state index < -0.39 is 11.8 Å². The van der Waals surface area contributed by atoms with Crippen LogP contribution in [0.15, 0.2) is 66.7 Å². The average Bonchev–Trinajstić information content (AvgIpc) is 2.76. The van der Waals surface area contributed by atoms with Crippen LogP contribution in [0.2, 0.25) is 0 Å². The summed E-state index contributed by atoms with van der Waals surface area (Å²) >= 11 is 0. The van der Waals surface area contributed by atoms with Crippen molar-refractivity contribution in [1.29, 1.82) is 0 Å². The largest absolute Gasteiger partial charge is 0.493 e. The number of carboxylic acid groups (broad SMARTS) is 1. The Morgan fingerprint density at radius 3 is 2.45 bits per heavy atom. The fourth-order valence-corrected chi connectivity index (χ4v) is 3.85. The minimum atomic E-state index is -0.964. The molecule has 0 amide bonds. The number of halogens is 1. The van der Waals surface area contributed by atoms with Crippen LogP contribution in [0.3, 0.4) is 0 Å². The number of aromatic nitrogens is 1. The summed E-state index contributed by atoms with van der Waals surface area (Å²) in [6, 6.07) is 20.1. The van der Waals surface area contributed by atoms with Gasteiger partial charge in [0.2, 0.25) is 0 Å². The summed E-state index contributed by atoms with van der Waals surface area (Å²) in [6.45, 7) is 4.38. The summed E-state index contributed by atoms with van der Waals surface area (Å²) in [5.74, 6) is -0.553. The minimum absolute atomic E-state index is 0.193. The Labute approximate surface area is 180 Å². The third-order valence-electron chi connectivity index (χ3n) is 5.31. The van der Waals surface area contributed by atoms with Gasteiger partial charge in [0, 0.05) is 16.5 Å². The van der Waals surface area contributed by atoms with E-state index in [1.165, 1.54) is 12.1 Å². The molecule has 0 unspecified atom stereocenters. The topological polar surface area (TPSA) is 59.4 Å². The molecule has 0 aliphatic carbocycles. The highest BCUT2D eigenvalue weighted by Crippen LogP contribution is 2.34. The van der Waals surface area contributed by atoms with Crippen LogP contribution in [-0.2, 0) is 11.2 Å². The van der Waals surface area contributed by atoms with Gasteiger partial charge in [-0.25, -0.2) is 9.37 Å². The molecule has 0 aliphatic heterocycles. The molecule has 156 valence electrons. The summed E-state index contributed by atoms with van der Waals surface area (Å²) in [4.78, 5) is 16.2. The Morgan fingerprint density at radius 2 is 1.74 bits per heavy atom. The first-order valence-electron chi connectivity index (χ1n) is 10.1. The van der Waals surface area contributed by atoms with Crippen LogP contribution < -0.4 is 4.74 Å². The van der Waals surface area contributed by atoms with E-state index in [9.17, 15) is 14.3 Å². The summed E-state index contributed by atoms with van der Waals surface area (Å²) in [5.41, 5.74) is 5.47. The zero-order valence-electron chi connectivity index (χ0n) is 17.4. The molecular formula is C26H22FNO3. The minimum Gasteiger partial charge on any atom is -0.493 e. The van der Waals surface area contributed by atoms with Gasteiger partial charge in [0.15, 0.2) is 0 Å². The first kappa shape index (κ1) is 20.5. The lowest BCUT2D eigenvalue weighted by Gasteiger charge is -2.15. The molecule has 1 aromatic heterocycles. The molecule has 1 N–H and O–H groups in total. The van der Waals surface area contributed by atoms with Gasteiger partial charge >= 0.3 is 5.97 Å². The van der Waals surface area contributed by atoms with Gasteiger partial charge in [-0.3, -0.25) is 4.79 Å². The van der Waals surface area contributed by atoms with Crippen LogP contribution >= 0.6 is 0 Å². The van der Waals surface area contributed by atoms with Crippen LogP contribution in [0.1, 0.15) is 18.1 Å². The van der Waals surface area contributed by atoms with Crippen molar-refractivity contribution in [2.24, 2.45) is 0 Å². The van der Waals surface area contributed by atoms with E-state index in [1.807, 2.05) is 62.4 Å². The number of ether oxygens (including phenoxy) is 1. The maximum Gasteiger partial charge on any atom is 0.307 e. The second-order valence-electron chi connectivity index (χ2n) is 7.30. The standard InChI is InChI=1S/C26H22FNO3/c1-3-31-24-7-5-4-6-20(24)17-8-10-18(11-9-17)26-16(2)21(15-25(29)30)22-14-19(27)12-13-23(22)28-26/h4-14H,3,15H2,1-2H3,(H,29,30). The first-order valence-corrected chi connectivity index (χ1v) is 10.1. The Kier molecular flexibility index (Phi) is 5.67. The molecule has 0 aliphatic rings. The van der Waals surface area contributed by atoms with E-state index >= 15 is 0 Å². The molecule has 5 heteroatoms. The summed E-state index contributed by atoms with van der Waals surface area (Å²) < 4.78 is 19.6. The number of para-hydroxylation sites is 1. The highest BCUT2D eigenvalue weighted by molar-refractivity contribution is 5.90. The molecule has 4 nitrogen and oxygen atoms in total. The number of fused-ring (bicyclic) bond motifs is 1. The van der Waals surface area contributed by atoms with Crippen molar-refractivity contribution >= 4 is 16.9 Å². The van der Waals surface area contributed by atoms with Crippen molar-refractivity contribution in [2.75, 3.05) is 6.61 Å². The molecule has 0 atom stereocenters. The molecule has 0 saturated carbocycles. The molecule has 0 radical (unpaired) electrons. The predicted octanol–water partition coefficient (Wildman–Crippen LogP) is 6.04. The number of pyridine rings is 1. The lowest BCUT2D eigenvalue weighted by molar-refractivity contribution is -0.136. The van der Waals surface area contributed by atoms with Crippen molar-refractivity contribution in [1.82, 2.24) is 4.98 Å². The molecule has 0 fully saturated rings. The summed E-state index contributed by atoms with van der Waals surface area (Å²) in [6.07, 6.45) is -0.193. The molecule has 3 aromatic carbocycles. The SMILES string of the molecule is CCOc1ccccc1-c1ccc(-c2nc3ccc(F)cc3c(CC(=O)O)c2C)cc1. The van der Waals surface area contributed by atoms with Crippen LogP contribution in [0, 0.1) is 12.7 Å². The van der Waals surface area contributed by atoms with E-state index in [0.717, 1.165) is 28.0 Å². The van der Waals surface area contributed by atoms with E-state index in [4.69, 9.17) is 9.72 Å². The number of aliphatic carboxylic acids is 1. The van der Waals surface area contributed by atoms with Crippen molar-refractivity contribution in [3.05, 3.63) is 83.7 Å². The van der Waals surface area contributed by atoms with Crippen molar-refractivity contribution in [3.63, 3.8) is 0 Å². The van der Waals surface area contributed by atoms with Crippen LogP contribution in [0.25, 0.3) is 33.3 Å². The zero-order chi connectivity index (χ0) is 22.0. The lowest BCUT2D eigenvalue weighted by Crippen LogP contribution is -2.06. The Bertz CT molecular complexity index is 1270. The molecule has 4 aromatic rings. The van der Waals surface area contributed by atoms with Gasteiger partial charge in [-0.1, -0.05) is 42.5 Å². The van der Waals surface area contributed by atoms with Gasteiger partial charge in [0.1, 0.15) is 11.6 Å². The number of hydrogen-bond acceptors (Lipinski definition) is 3. The van der Waals surface area contributed by atoms with Gasteiger partial charge in [-0.2, -0.15) is 0 Å². The monoisotopic (exact) mass is 415 g/mol. The second-order valence-corrected chi connectivity index (χ2v) is 7.30. The number of nitrogens with zero attached hydrogens (tertiary/aromatic N) is 1. The second kappa shape index (κ2) is 8.56. The van der Waals surface area contributed by atoms with Gasteiger partial charge in [0.25, 0.3) is 0 Å². The van der Waals surface area contributed by atoms with E-state index in [-0.39, 0.29) is 6.42 Å². The summed E-state index contributed by atoms with van der Waals surface area (Å²) in [7, 11) is 0. The molecule has 4 rings (SSSR count). The van der Waals surface area contributed by atoms with Crippen LogP contribution in [0.4, 0.5) is 4.39 Å². The normalized spacial score (nSPS) is 10.9. The van der Waals surface area contributed by atoms with Crippen molar-refractivity contribution in [3.8, 4) is 28.1 Å². The molecule has 0 saturated heterocycles. The Balaban J connectivity index is 1.82. The van der Waals surface area contributed by atoms with Gasteiger partial charge in [0.05, 0.1) is 24.2 Å². The fourth-order valence-electron chi connectivity index (χ4n) is 3.85. The quantitative estimate of drug-likeness (QED) is 0.417. The molecule has 31 heavy (non-hydrogen) atoms. The molecular weight excluding hydrogens is 393 g/mol. The average molecular weight is 415 g/mol. The van der Waals surface area contributed by atoms with E-state index in [0.29, 0.717) is 28.8 Å². The lowest BCUT2D eigenvalue weighted by atomic mass is 9.94. The maximum atomic E-state index is 13.8. The maximum absolute atomic E-state index is 13.8. The number of carbonyl (C=O) groups is 1. The highest BCUT2D eigenvalue weighted by Gasteiger charge is 2.16. The first-order chi connectivity index (χ1) is 15.0. The zero-order valence-corrected chi connectivity index (χ0v) is 17.4. The van der Waals surface area contributed by atoms with Gasteiger partial charge in [-0.15, -0.1) is 0 Å².